The van der Waals surface area contributed by atoms with Crippen LogP contribution in [0.3, 0.4) is 0 Å². The van der Waals surface area contributed by atoms with Crippen LogP contribution in [0, 0.1) is 0 Å². The van der Waals surface area contributed by atoms with Gasteiger partial charge in [0.2, 0.25) is 0 Å². The number of amides is 1. The van der Waals surface area contributed by atoms with Crippen LogP contribution in [-0.4, -0.2) is 36.7 Å². The third kappa shape index (κ3) is 3.98. The molecule has 0 saturated heterocycles. The molecule has 0 radical (unpaired) electrons. The second-order valence-corrected chi connectivity index (χ2v) is 3.76. The van der Waals surface area contributed by atoms with Crippen molar-refractivity contribution in [3.05, 3.63) is 29.8 Å². The van der Waals surface area contributed by atoms with Gasteiger partial charge in [0, 0.05) is 13.1 Å². The van der Waals surface area contributed by atoms with Gasteiger partial charge in [-0.1, -0.05) is 12.1 Å². The highest BCUT2D eigenvalue weighted by atomic mass is 16.6. The Morgan fingerprint density at radius 3 is 2.32 bits per heavy atom. The molecule has 0 heterocycles. The van der Waals surface area contributed by atoms with Gasteiger partial charge in [-0.3, -0.25) is 0 Å². The van der Waals surface area contributed by atoms with E-state index in [0.717, 1.165) is 0 Å². The first-order valence-corrected chi connectivity index (χ1v) is 6.36. The van der Waals surface area contributed by atoms with Crippen molar-refractivity contribution in [2.45, 2.75) is 20.8 Å². The molecule has 19 heavy (non-hydrogen) atoms. The molecule has 104 valence electrons. The standard InChI is InChI=1S/C14H19NO4/c1-4-15(5-2)14(17)19-12-10-8-7-9-11(12)13(16)18-6-3/h7-10H,4-6H2,1-3H3. The van der Waals surface area contributed by atoms with Gasteiger partial charge in [0.05, 0.1) is 6.61 Å². The summed E-state index contributed by atoms with van der Waals surface area (Å²) < 4.78 is 10.2. The van der Waals surface area contributed by atoms with Gasteiger partial charge in [-0.2, -0.15) is 0 Å². The van der Waals surface area contributed by atoms with Gasteiger partial charge in [-0.25, -0.2) is 9.59 Å². The Hall–Kier alpha value is -2.04. The number of carbonyl (C=O) groups is 2. The van der Waals surface area contributed by atoms with Crippen LogP contribution in [0.1, 0.15) is 31.1 Å². The molecule has 1 aromatic carbocycles. The van der Waals surface area contributed by atoms with Crippen molar-refractivity contribution in [1.29, 1.82) is 0 Å². The average molecular weight is 265 g/mol. The Morgan fingerprint density at radius 2 is 1.74 bits per heavy atom. The number of benzene rings is 1. The van der Waals surface area contributed by atoms with Crippen molar-refractivity contribution >= 4 is 12.1 Å². The van der Waals surface area contributed by atoms with E-state index in [1.165, 1.54) is 4.90 Å². The van der Waals surface area contributed by atoms with Crippen molar-refractivity contribution in [2.75, 3.05) is 19.7 Å². The largest absolute Gasteiger partial charge is 0.462 e. The highest BCUT2D eigenvalue weighted by molar-refractivity contribution is 5.93. The quantitative estimate of drug-likeness (QED) is 0.768. The van der Waals surface area contributed by atoms with Crippen molar-refractivity contribution in [3.8, 4) is 5.75 Å². The summed E-state index contributed by atoms with van der Waals surface area (Å²) in [5.74, 6) is -0.275. The van der Waals surface area contributed by atoms with Gasteiger partial charge in [0.25, 0.3) is 0 Å². The second kappa shape index (κ2) is 7.41. The van der Waals surface area contributed by atoms with Crippen LogP contribution in [-0.2, 0) is 4.74 Å². The second-order valence-electron chi connectivity index (χ2n) is 3.76. The lowest BCUT2D eigenvalue weighted by atomic mass is 10.2. The smallest absolute Gasteiger partial charge is 0.415 e. The fourth-order valence-electron chi connectivity index (χ4n) is 1.57. The average Bonchev–Trinajstić information content (AvgIpc) is 2.41. The van der Waals surface area contributed by atoms with E-state index in [1.54, 1.807) is 31.2 Å². The molecule has 0 N–H and O–H groups in total. The topological polar surface area (TPSA) is 55.8 Å². The Bertz CT molecular complexity index is 441. The first kappa shape index (κ1) is 15.0. The van der Waals surface area contributed by atoms with E-state index in [0.29, 0.717) is 13.1 Å². The van der Waals surface area contributed by atoms with Gasteiger partial charge in [0.15, 0.2) is 0 Å². The molecule has 0 aliphatic heterocycles. The molecule has 0 fully saturated rings. The van der Waals surface area contributed by atoms with Crippen LogP contribution >= 0.6 is 0 Å². The van der Waals surface area contributed by atoms with Crippen LogP contribution in [0.5, 0.6) is 5.75 Å². The fourth-order valence-corrected chi connectivity index (χ4v) is 1.57. The van der Waals surface area contributed by atoms with E-state index in [4.69, 9.17) is 9.47 Å². The Balaban J connectivity index is 2.89. The molecule has 0 saturated carbocycles. The maximum Gasteiger partial charge on any atom is 0.415 e. The lowest BCUT2D eigenvalue weighted by molar-refractivity contribution is 0.0523. The molecule has 1 rings (SSSR count). The predicted molar refractivity (Wildman–Crippen MR) is 71.3 cm³/mol. The van der Waals surface area contributed by atoms with Crippen molar-refractivity contribution in [3.63, 3.8) is 0 Å². The third-order valence-electron chi connectivity index (χ3n) is 2.60. The summed E-state index contributed by atoms with van der Waals surface area (Å²) in [6.45, 7) is 6.83. The summed E-state index contributed by atoms with van der Waals surface area (Å²) in [6, 6.07) is 6.55. The number of nitrogens with zero attached hydrogens (tertiary/aromatic N) is 1. The normalized spacial score (nSPS) is 9.84. The van der Waals surface area contributed by atoms with Gasteiger partial charge in [-0.15, -0.1) is 0 Å². The number of hydrogen-bond donors (Lipinski definition) is 0. The lowest BCUT2D eigenvalue weighted by Crippen LogP contribution is -2.33. The number of ether oxygens (including phenoxy) is 2. The molecule has 0 bridgehead atoms. The number of esters is 1. The van der Waals surface area contributed by atoms with E-state index < -0.39 is 12.1 Å². The summed E-state index contributed by atoms with van der Waals surface area (Å²) in [6.07, 6.45) is -0.471. The number of rotatable bonds is 5. The van der Waals surface area contributed by atoms with Crippen LogP contribution in [0.2, 0.25) is 0 Å². The highest BCUT2D eigenvalue weighted by Gasteiger charge is 2.18. The maximum absolute atomic E-state index is 11.9. The van der Waals surface area contributed by atoms with Crippen LogP contribution < -0.4 is 4.74 Å². The zero-order chi connectivity index (χ0) is 14.3. The lowest BCUT2D eigenvalue weighted by Gasteiger charge is -2.18. The number of hydrogen-bond acceptors (Lipinski definition) is 4. The predicted octanol–water partition coefficient (Wildman–Crippen LogP) is 2.70. The molecular weight excluding hydrogens is 246 g/mol. The fraction of sp³-hybridized carbons (Fsp3) is 0.429. The molecule has 5 nitrogen and oxygen atoms in total. The van der Waals surface area contributed by atoms with Crippen LogP contribution in [0.25, 0.3) is 0 Å². The summed E-state index contributed by atoms with van der Waals surface area (Å²) in [4.78, 5) is 25.1. The first-order chi connectivity index (χ1) is 9.13. The molecule has 1 aromatic rings. The molecule has 1 amide bonds. The SMILES string of the molecule is CCOC(=O)c1ccccc1OC(=O)N(CC)CC. The molecule has 0 aromatic heterocycles. The monoisotopic (exact) mass is 265 g/mol. The minimum Gasteiger partial charge on any atom is -0.462 e. The van der Waals surface area contributed by atoms with Gasteiger partial charge in [0.1, 0.15) is 11.3 Å². The Kier molecular flexibility index (Phi) is 5.85. The Labute approximate surface area is 113 Å². The molecule has 0 aliphatic carbocycles. The molecule has 0 spiro atoms. The van der Waals surface area contributed by atoms with Gasteiger partial charge in [-0.05, 0) is 32.9 Å². The van der Waals surface area contributed by atoms with E-state index in [-0.39, 0.29) is 17.9 Å². The summed E-state index contributed by atoms with van der Waals surface area (Å²) >= 11 is 0. The van der Waals surface area contributed by atoms with E-state index in [9.17, 15) is 9.59 Å². The number of carbonyl (C=O) groups excluding carboxylic acids is 2. The van der Waals surface area contributed by atoms with E-state index >= 15 is 0 Å². The molecule has 0 atom stereocenters. The Morgan fingerprint density at radius 1 is 1.11 bits per heavy atom. The van der Waals surface area contributed by atoms with Crippen LogP contribution in [0.15, 0.2) is 24.3 Å². The van der Waals surface area contributed by atoms with Gasteiger partial charge < -0.3 is 14.4 Å². The number of para-hydroxylation sites is 1. The minimum atomic E-state index is -0.495. The first-order valence-electron chi connectivity index (χ1n) is 6.36. The molecule has 5 heteroatoms. The third-order valence-corrected chi connectivity index (χ3v) is 2.60. The molecule has 0 unspecified atom stereocenters. The minimum absolute atomic E-state index is 0.220. The van der Waals surface area contributed by atoms with Crippen molar-refractivity contribution < 1.29 is 19.1 Å². The zero-order valence-electron chi connectivity index (χ0n) is 11.5. The van der Waals surface area contributed by atoms with Crippen LogP contribution in [0.4, 0.5) is 4.79 Å². The summed E-state index contributed by atoms with van der Waals surface area (Å²) in [5, 5.41) is 0. The van der Waals surface area contributed by atoms with E-state index in [1.807, 2.05) is 13.8 Å². The van der Waals surface area contributed by atoms with Crippen molar-refractivity contribution in [2.24, 2.45) is 0 Å². The van der Waals surface area contributed by atoms with Crippen molar-refractivity contribution in [1.82, 2.24) is 4.90 Å². The zero-order valence-corrected chi connectivity index (χ0v) is 11.5. The summed E-state index contributed by atoms with van der Waals surface area (Å²) in [7, 11) is 0. The highest BCUT2D eigenvalue weighted by Crippen LogP contribution is 2.19. The van der Waals surface area contributed by atoms with E-state index in [2.05, 4.69) is 0 Å². The van der Waals surface area contributed by atoms with Gasteiger partial charge >= 0.3 is 12.1 Å². The molecule has 0 aliphatic rings. The maximum atomic E-state index is 11.9. The molecular formula is C14H19NO4. The summed E-state index contributed by atoms with van der Waals surface area (Å²) in [5.41, 5.74) is 0.254.